The van der Waals surface area contributed by atoms with Crippen molar-refractivity contribution in [3.63, 3.8) is 0 Å². The molecule has 1 aliphatic heterocycles. The van der Waals surface area contributed by atoms with Crippen molar-refractivity contribution in [3.05, 3.63) is 197 Å². The summed E-state index contributed by atoms with van der Waals surface area (Å²) < 4.78 is 6.72. The molecule has 50 heavy (non-hydrogen) atoms. The fraction of sp³-hybridized carbons (Fsp3) is 0.0612. The number of hydrogen-bond acceptors (Lipinski definition) is 1. The lowest BCUT2D eigenvalue weighted by Gasteiger charge is -2.31. The summed E-state index contributed by atoms with van der Waals surface area (Å²) in [4.78, 5) is 0. The Labute approximate surface area is 290 Å². The molecule has 0 bridgehead atoms. The second-order valence-corrected chi connectivity index (χ2v) is 14.2. The van der Waals surface area contributed by atoms with Crippen molar-refractivity contribution in [2.45, 2.75) is 18.3 Å². The third-order valence-electron chi connectivity index (χ3n) is 11.9. The van der Waals surface area contributed by atoms with Crippen LogP contribution in [0.1, 0.15) is 45.4 Å². The normalized spacial score (nSPS) is 17.0. The molecule has 1 spiro atoms. The first-order valence-corrected chi connectivity index (χ1v) is 17.7. The summed E-state index contributed by atoms with van der Waals surface area (Å²) in [5.74, 6) is 1.91. The van der Waals surface area contributed by atoms with Gasteiger partial charge in [0.25, 0.3) is 0 Å². The Morgan fingerprint density at radius 2 is 1.08 bits per heavy atom. The second-order valence-electron chi connectivity index (χ2n) is 14.2. The largest absolute Gasteiger partial charge is 0.456 e. The number of allylic oxidation sites excluding steroid dienone is 1. The Kier molecular flexibility index (Phi) is 5.08. The number of ether oxygens (including phenoxy) is 1. The molecule has 1 unspecified atom stereocenters. The van der Waals surface area contributed by atoms with Gasteiger partial charge in [0.15, 0.2) is 0 Å². The Morgan fingerprint density at radius 3 is 1.92 bits per heavy atom. The average Bonchev–Trinajstić information content (AvgIpc) is 3.65. The van der Waals surface area contributed by atoms with E-state index in [1.807, 2.05) is 0 Å². The summed E-state index contributed by atoms with van der Waals surface area (Å²) in [6, 6.07) is 56.7. The summed E-state index contributed by atoms with van der Waals surface area (Å²) in [6.45, 7) is 0. The van der Waals surface area contributed by atoms with Gasteiger partial charge < -0.3 is 4.74 Å². The average molecular weight is 635 g/mol. The second kappa shape index (κ2) is 9.49. The molecule has 232 valence electrons. The van der Waals surface area contributed by atoms with Gasteiger partial charge in [-0.1, -0.05) is 140 Å². The van der Waals surface area contributed by atoms with Gasteiger partial charge in [-0.25, -0.2) is 0 Å². The quantitative estimate of drug-likeness (QED) is 0.175. The Bertz CT molecular complexity index is 2850. The van der Waals surface area contributed by atoms with Crippen LogP contribution in [0.2, 0.25) is 0 Å². The number of benzene rings is 8. The fourth-order valence-corrected chi connectivity index (χ4v) is 10.0. The molecule has 0 saturated heterocycles. The molecule has 0 saturated carbocycles. The molecule has 0 radical (unpaired) electrons. The van der Waals surface area contributed by atoms with E-state index in [-0.39, 0.29) is 0 Å². The van der Waals surface area contributed by atoms with Crippen molar-refractivity contribution in [2.75, 3.05) is 0 Å². The van der Waals surface area contributed by atoms with Crippen LogP contribution in [0, 0.1) is 0 Å². The Balaban J connectivity index is 1.13. The van der Waals surface area contributed by atoms with Gasteiger partial charge in [-0.3, -0.25) is 0 Å². The maximum Gasteiger partial charge on any atom is 0.135 e. The number of hydrogen-bond donors (Lipinski definition) is 0. The highest BCUT2D eigenvalue weighted by atomic mass is 16.5. The molecule has 0 N–H and O–H groups in total. The van der Waals surface area contributed by atoms with Crippen LogP contribution in [0.15, 0.2) is 158 Å². The lowest BCUT2D eigenvalue weighted by Crippen LogP contribution is -2.25. The van der Waals surface area contributed by atoms with Crippen molar-refractivity contribution >= 4 is 27.1 Å². The molecule has 1 heteroatoms. The molecule has 3 aliphatic carbocycles. The van der Waals surface area contributed by atoms with E-state index in [2.05, 4.69) is 158 Å². The van der Waals surface area contributed by atoms with Gasteiger partial charge in [-0.05, 0) is 119 Å². The van der Waals surface area contributed by atoms with Crippen LogP contribution >= 0.6 is 0 Å². The molecule has 1 atom stereocenters. The molecule has 0 fully saturated rings. The molecule has 0 aromatic heterocycles. The first-order valence-electron chi connectivity index (χ1n) is 17.7. The predicted molar refractivity (Wildman–Crippen MR) is 205 cm³/mol. The highest BCUT2D eigenvalue weighted by molar-refractivity contribution is 6.08. The van der Waals surface area contributed by atoms with Crippen LogP contribution in [0.5, 0.6) is 11.5 Å². The van der Waals surface area contributed by atoms with E-state index in [4.69, 9.17) is 4.74 Å². The third kappa shape index (κ3) is 3.19. The lowest BCUT2D eigenvalue weighted by molar-refractivity contribution is 0.473. The van der Waals surface area contributed by atoms with E-state index in [9.17, 15) is 0 Å². The van der Waals surface area contributed by atoms with E-state index in [0.29, 0.717) is 0 Å². The summed E-state index contributed by atoms with van der Waals surface area (Å²) >= 11 is 0. The van der Waals surface area contributed by atoms with Crippen LogP contribution in [0.4, 0.5) is 0 Å². The van der Waals surface area contributed by atoms with Gasteiger partial charge in [0.05, 0.1) is 5.41 Å². The fourth-order valence-electron chi connectivity index (χ4n) is 10.0. The molecule has 1 nitrogen and oxygen atoms in total. The van der Waals surface area contributed by atoms with Gasteiger partial charge in [0.2, 0.25) is 0 Å². The van der Waals surface area contributed by atoms with Crippen LogP contribution in [-0.2, 0) is 11.8 Å². The van der Waals surface area contributed by atoms with E-state index in [1.54, 1.807) is 0 Å². The van der Waals surface area contributed by atoms with E-state index in [1.165, 1.54) is 99.4 Å². The maximum absolute atomic E-state index is 6.72. The van der Waals surface area contributed by atoms with Gasteiger partial charge in [-0.15, -0.1) is 0 Å². The Morgan fingerprint density at radius 1 is 0.420 bits per heavy atom. The van der Waals surface area contributed by atoms with Crippen LogP contribution < -0.4 is 4.74 Å². The lowest BCUT2D eigenvalue weighted by atomic mass is 9.70. The highest BCUT2D eigenvalue weighted by Gasteiger charge is 2.52. The van der Waals surface area contributed by atoms with E-state index in [0.717, 1.165) is 24.3 Å². The molecule has 8 aromatic rings. The zero-order valence-corrected chi connectivity index (χ0v) is 27.3. The van der Waals surface area contributed by atoms with Crippen molar-refractivity contribution in [1.29, 1.82) is 0 Å². The van der Waals surface area contributed by atoms with E-state index >= 15 is 0 Å². The zero-order chi connectivity index (χ0) is 32.6. The van der Waals surface area contributed by atoms with Gasteiger partial charge in [0.1, 0.15) is 11.5 Å². The zero-order valence-electron chi connectivity index (χ0n) is 27.3. The maximum atomic E-state index is 6.72. The molecule has 0 amide bonds. The van der Waals surface area contributed by atoms with E-state index < -0.39 is 5.41 Å². The first-order chi connectivity index (χ1) is 24.8. The highest BCUT2D eigenvalue weighted by Crippen LogP contribution is 2.65. The molecular formula is C49H30O. The smallest absolute Gasteiger partial charge is 0.135 e. The molecular weight excluding hydrogens is 605 g/mol. The minimum atomic E-state index is -0.391. The standard InChI is InChI=1S/C49H30O/c1-2-13-31-28-45-39(27-30(31)12-1)36-18-9-17-35-33(24-26-44(50-45)48(35)36)34-19-10-22-42-47(34)38-16-6-8-21-41(38)49(42)40-20-7-5-15-37(40)46-32-14-4-3-11-29(32)23-25-43(46)49/h1-8,10-16,18-28H,9,17H2. The number of rotatable bonds is 1. The summed E-state index contributed by atoms with van der Waals surface area (Å²) in [7, 11) is 0. The van der Waals surface area contributed by atoms with Gasteiger partial charge in [0, 0.05) is 11.1 Å². The number of fused-ring (bicyclic) bond motifs is 15. The van der Waals surface area contributed by atoms with Crippen molar-refractivity contribution in [1.82, 2.24) is 0 Å². The first kappa shape index (κ1) is 26.7. The minimum Gasteiger partial charge on any atom is -0.456 e. The Hall–Kier alpha value is -6.18. The van der Waals surface area contributed by atoms with Crippen LogP contribution in [0.25, 0.3) is 60.5 Å². The van der Waals surface area contributed by atoms with Crippen molar-refractivity contribution in [3.8, 4) is 44.9 Å². The van der Waals surface area contributed by atoms with Crippen LogP contribution in [-0.4, -0.2) is 0 Å². The molecule has 8 aromatic carbocycles. The van der Waals surface area contributed by atoms with Gasteiger partial charge >= 0.3 is 0 Å². The summed E-state index contributed by atoms with van der Waals surface area (Å²) in [5.41, 5.74) is 18.3. The van der Waals surface area contributed by atoms with Gasteiger partial charge in [-0.2, -0.15) is 0 Å². The topological polar surface area (TPSA) is 9.23 Å². The monoisotopic (exact) mass is 634 g/mol. The van der Waals surface area contributed by atoms with Crippen LogP contribution in [0.3, 0.4) is 0 Å². The SMILES string of the molecule is C1=C2c3cc4ccccc4cc3Oc3ccc(-c4cccc5c4-c4ccccc4C54c5ccccc5-c5c4ccc4ccccc54)c(c32)CC1. The summed E-state index contributed by atoms with van der Waals surface area (Å²) in [5, 5.41) is 5.06. The molecule has 1 heterocycles. The van der Waals surface area contributed by atoms with Crippen molar-refractivity contribution < 1.29 is 4.74 Å². The molecule has 12 rings (SSSR count). The third-order valence-corrected chi connectivity index (χ3v) is 11.9. The van der Waals surface area contributed by atoms with Crippen molar-refractivity contribution in [2.24, 2.45) is 0 Å². The summed E-state index contributed by atoms with van der Waals surface area (Å²) in [6.07, 6.45) is 4.43. The minimum absolute atomic E-state index is 0.391. The predicted octanol–water partition coefficient (Wildman–Crippen LogP) is 12.5. The molecule has 4 aliphatic rings.